The van der Waals surface area contributed by atoms with Gasteiger partial charge in [-0.25, -0.2) is 13.2 Å². The number of hydrogen-bond donors (Lipinski definition) is 1. The average molecular weight is 527 g/mol. The second kappa shape index (κ2) is 11.1. The molecule has 0 saturated carbocycles. The Hall–Kier alpha value is -3.36. The number of fused-ring (bicyclic) bond motifs is 1. The molecular weight excluding hydrogens is 500 g/mol. The van der Waals surface area contributed by atoms with Crippen LogP contribution in [-0.2, 0) is 21.2 Å². The van der Waals surface area contributed by atoms with E-state index < -0.39 is 16.0 Å². The average Bonchev–Trinajstić information content (AvgIpc) is 2.88. The first-order chi connectivity index (χ1) is 17.3. The summed E-state index contributed by atoms with van der Waals surface area (Å²) in [6.07, 6.45) is 3.10. The topological polar surface area (TPSA) is 92.8 Å². The summed E-state index contributed by atoms with van der Waals surface area (Å²) in [6, 6.07) is 17.6. The highest BCUT2D eigenvalue weighted by atomic mass is 35.5. The Bertz CT molecular complexity index is 1360. The summed E-state index contributed by atoms with van der Waals surface area (Å²) in [5.41, 5.74) is 2.69. The van der Waals surface area contributed by atoms with Gasteiger partial charge in [0, 0.05) is 28.5 Å². The maximum absolute atomic E-state index is 13.1. The first kappa shape index (κ1) is 25.7. The molecule has 0 fully saturated rings. The van der Waals surface area contributed by atoms with Crippen LogP contribution >= 0.6 is 11.6 Å². The molecule has 0 aliphatic carbocycles. The maximum Gasteiger partial charge on any atom is 0.338 e. The van der Waals surface area contributed by atoms with Crippen molar-refractivity contribution in [3.63, 3.8) is 0 Å². The SMILES string of the molecule is CCCCOC(=O)c1ccc(NS(=O)(=O)c2ccc3c(c2)CCCN3C(=O)c2ccc(Cl)cc2)cc1. The van der Waals surface area contributed by atoms with E-state index in [1.165, 1.54) is 30.3 Å². The van der Waals surface area contributed by atoms with Crippen LogP contribution in [0.15, 0.2) is 71.6 Å². The van der Waals surface area contributed by atoms with Crippen LogP contribution < -0.4 is 9.62 Å². The zero-order chi connectivity index (χ0) is 25.7. The van der Waals surface area contributed by atoms with Gasteiger partial charge in [0.1, 0.15) is 0 Å². The van der Waals surface area contributed by atoms with Crippen molar-refractivity contribution in [2.24, 2.45) is 0 Å². The predicted octanol–water partition coefficient (Wildman–Crippen LogP) is 5.69. The zero-order valence-electron chi connectivity index (χ0n) is 19.9. The highest BCUT2D eigenvalue weighted by molar-refractivity contribution is 7.92. The highest BCUT2D eigenvalue weighted by Gasteiger charge is 2.26. The molecule has 188 valence electrons. The molecule has 36 heavy (non-hydrogen) atoms. The second-order valence-corrected chi connectivity index (χ2v) is 10.6. The molecule has 0 saturated heterocycles. The van der Waals surface area contributed by atoms with Crippen LogP contribution in [0.4, 0.5) is 11.4 Å². The Morgan fingerprint density at radius 1 is 1.00 bits per heavy atom. The minimum atomic E-state index is -3.88. The fourth-order valence-corrected chi connectivity index (χ4v) is 5.22. The number of nitrogens with one attached hydrogen (secondary N) is 1. The number of sulfonamides is 1. The summed E-state index contributed by atoms with van der Waals surface area (Å²) < 4.78 is 33.8. The smallest absolute Gasteiger partial charge is 0.338 e. The molecule has 1 amide bonds. The Kier molecular flexibility index (Phi) is 7.96. The lowest BCUT2D eigenvalue weighted by Gasteiger charge is -2.30. The third-order valence-electron chi connectivity index (χ3n) is 5.92. The Balaban J connectivity index is 1.49. The molecule has 1 heterocycles. The molecule has 3 aromatic rings. The third kappa shape index (κ3) is 5.88. The molecule has 0 atom stereocenters. The predicted molar refractivity (Wildman–Crippen MR) is 140 cm³/mol. The standard InChI is InChI=1S/C27H27ClN2O5S/c1-2-3-17-35-27(32)20-8-12-23(13-9-20)29-36(33,34)24-14-15-25-21(18-24)5-4-16-30(25)26(31)19-6-10-22(28)11-7-19/h6-15,18,29H,2-5,16-17H2,1H3. The van der Waals surface area contributed by atoms with Crippen molar-refractivity contribution >= 4 is 44.9 Å². The van der Waals surface area contributed by atoms with Gasteiger partial charge in [-0.15, -0.1) is 0 Å². The summed E-state index contributed by atoms with van der Waals surface area (Å²) in [5.74, 6) is -0.597. The Morgan fingerprint density at radius 2 is 1.69 bits per heavy atom. The normalized spacial score (nSPS) is 13.1. The van der Waals surface area contributed by atoms with Crippen LogP contribution in [0.2, 0.25) is 5.02 Å². The van der Waals surface area contributed by atoms with E-state index in [9.17, 15) is 18.0 Å². The monoisotopic (exact) mass is 526 g/mol. The van der Waals surface area contributed by atoms with Gasteiger partial charge in [0.2, 0.25) is 0 Å². The van der Waals surface area contributed by atoms with Gasteiger partial charge in [-0.3, -0.25) is 9.52 Å². The van der Waals surface area contributed by atoms with Crippen molar-refractivity contribution in [1.29, 1.82) is 0 Å². The summed E-state index contributed by atoms with van der Waals surface area (Å²) in [5, 5.41) is 0.550. The number of anilines is 2. The molecular formula is C27H27ClN2O5S. The zero-order valence-corrected chi connectivity index (χ0v) is 21.4. The summed E-state index contributed by atoms with van der Waals surface area (Å²) >= 11 is 5.94. The lowest BCUT2D eigenvalue weighted by Crippen LogP contribution is -2.35. The minimum absolute atomic E-state index is 0.102. The Morgan fingerprint density at radius 3 is 2.39 bits per heavy atom. The number of unbranched alkanes of at least 4 members (excludes halogenated alkanes) is 1. The van der Waals surface area contributed by atoms with Gasteiger partial charge >= 0.3 is 5.97 Å². The number of carbonyl (C=O) groups is 2. The maximum atomic E-state index is 13.1. The summed E-state index contributed by atoms with van der Waals surface area (Å²) in [4.78, 5) is 26.9. The van der Waals surface area contributed by atoms with Crippen LogP contribution in [0, 0.1) is 0 Å². The number of carbonyl (C=O) groups excluding carboxylic acids is 2. The number of aryl methyl sites for hydroxylation is 1. The molecule has 0 aromatic heterocycles. The van der Waals surface area contributed by atoms with E-state index in [4.69, 9.17) is 16.3 Å². The number of benzene rings is 3. The van der Waals surface area contributed by atoms with Gasteiger partial charge in [-0.05, 0) is 91.6 Å². The van der Waals surface area contributed by atoms with E-state index in [1.54, 1.807) is 41.3 Å². The van der Waals surface area contributed by atoms with Gasteiger partial charge < -0.3 is 9.64 Å². The van der Waals surface area contributed by atoms with E-state index in [0.29, 0.717) is 47.1 Å². The first-order valence-corrected chi connectivity index (χ1v) is 13.6. The van der Waals surface area contributed by atoms with E-state index in [2.05, 4.69) is 4.72 Å². The number of hydrogen-bond acceptors (Lipinski definition) is 5. The van der Waals surface area contributed by atoms with E-state index in [-0.39, 0.29) is 10.8 Å². The quantitative estimate of drug-likeness (QED) is 0.300. The van der Waals surface area contributed by atoms with Crippen molar-refractivity contribution < 1.29 is 22.7 Å². The van der Waals surface area contributed by atoms with Crippen LogP contribution in [0.1, 0.15) is 52.5 Å². The van der Waals surface area contributed by atoms with Crippen molar-refractivity contribution in [2.45, 2.75) is 37.5 Å². The molecule has 7 nitrogen and oxygen atoms in total. The highest BCUT2D eigenvalue weighted by Crippen LogP contribution is 2.31. The van der Waals surface area contributed by atoms with Gasteiger partial charge in [0.25, 0.3) is 15.9 Å². The molecule has 0 bridgehead atoms. The summed E-state index contributed by atoms with van der Waals surface area (Å²) in [6.45, 7) is 2.91. The van der Waals surface area contributed by atoms with Crippen LogP contribution in [0.5, 0.6) is 0 Å². The molecule has 1 N–H and O–H groups in total. The minimum Gasteiger partial charge on any atom is -0.462 e. The van der Waals surface area contributed by atoms with Crippen molar-refractivity contribution in [3.8, 4) is 0 Å². The first-order valence-electron chi connectivity index (χ1n) is 11.8. The fourth-order valence-electron chi connectivity index (χ4n) is 3.98. The van der Waals surface area contributed by atoms with Crippen LogP contribution in [0.3, 0.4) is 0 Å². The number of amides is 1. The molecule has 9 heteroatoms. The number of halogens is 1. The van der Waals surface area contributed by atoms with Crippen molar-refractivity contribution in [1.82, 2.24) is 0 Å². The van der Waals surface area contributed by atoms with E-state index >= 15 is 0 Å². The van der Waals surface area contributed by atoms with Crippen LogP contribution in [-0.4, -0.2) is 33.4 Å². The van der Waals surface area contributed by atoms with Gasteiger partial charge in [-0.2, -0.15) is 0 Å². The fraction of sp³-hybridized carbons (Fsp3) is 0.259. The van der Waals surface area contributed by atoms with Gasteiger partial charge in [0.05, 0.1) is 17.1 Å². The van der Waals surface area contributed by atoms with Crippen molar-refractivity contribution in [3.05, 3.63) is 88.4 Å². The molecule has 4 rings (SSSR count). The summed E-state index contributed by atoms with van der Waals surface area (Å²) in [7, 11) is -3.88. The molecule has 1 aliphatic heterocycles. The lowest BCUT2D eigenvalue weighted by molar-refractivity contribution is 0.0499. The molecule has 0 spiro atoms. The van der Waals surface area contributed by atoms with Gasteiger partial charge in [-0.1, -0.05) is 24.9 Å². The molecule has 3 aromatic carbocycles. The van der Waals surface area contributed by atoms with E-state index in [1.807, 2.05) is 6.92 Å². The lowest BCUT2D eigenvalue weighted by atomic mass is 10.0. The number of ether oxygens (including phenoxy) is 1. The van der Waals surface area contributed by atoms with Crippen molar-refractivity contribution in [2.75, 3.05) is 22.8 Å². The molecule has 0 unspecified atom stereocenters. The second-order valence-electron chi connectivity index (χ2n) is 8.53. The molecule has 1 aliphatic rings. The third-order valence-corrected chi connectivity index (χ3v) is 7.55. The van der Waals surface area contributed by atoms with E-state index in [0.717, 1.165) is 24.8 Å². The van der Waals surface area contributed by atoms with Crippen LogP contribution in [0.25, 0.3) is 0 Å². The Labute approximate surface area is 216 Å². The van der Waals surface area contributed by atoms with Gasteiger partial charge in [0.15, 0.2) is 0 Å². The largest absolute Gasteiger partial charge is 0.462 e. The number of esters is 1. The number of rotatable bonds is 8. The number of nitrogens with zero attached hydrogens (tertiary/aromatic N) is 1. The molecule has 0 radical (unpaired) electrons.